The van der Waals surface area contributed by atoms with Crippen LogP contribution in [0.3, 0.4) is 0 Å². The van der Waals surface area contributed by atoms with Crippen molar-refractivity contribution in [1.29, 1.82) is 0 Å². The molecule has 4 nitrogen and oxygen atoms in total. The van der Waals surface area contributed by atoms with Gasteiger partial charge in [0.05, 0.1) is 0 Å². The normalized spacial score (nSPS) is 16.3. The quantitative estimate of drug-likeness (QED) is 0.869. The average Bonchev–Trinajstić information content (AvgIpc) is 2.44. The van der Waals surface area contributed by atoms with Crippen molar-refractivity contribution in [2.45, 2.75) is 31.8 Å². The van der Waals surface area contributed by atoms with E-state index in [-0.39, 0.29) is 30.2 Å². The van der Waals surface area contributed by atoms with E-state index in [2.05, 4.69) is 10.2 Å². The van der Waals surface area contributed by atoms with Gasteiger partial charge in [0.1, 0.15) is 5.82 Å². The number of amides is 1. The van der Waals surface area contributed by atoms with Crippen molar-refractivity contribution in [2.75, 3.05) is 19.6 Å². The van der Waals surface area contributed by atoms with Gasteiger partial charge in [-0.3, -0.25) is 9.69 Å². The van der Waals surface area contributed by atoms with E-state index >= 15 is 0 Å². The summed E-state index contributed by atoms with van der Waals surface area (Å²) in [7, 11) is 0. The molecule has 1 amide bonds. The molecule has 1 saturated heterocycles. The molecule has 0 bridgehead atoms. The summed E-state index contributed by atoms with van der Waals surface area (Å²) in [5, 5.41) is 3.02. The Morgan fingerprint density at radius 2 is 1.90 bits per heavy atom. The average molecular weight is 316 g/mol. The minimum atomic E-state index is -0.199. The van der Waals surface area contributed by atoms with E-state index < -0.39 is 0 Å². The van der Waals surface area contributed by atoms with Gasteiger partial charge in [0.2, 0.25) is 5.91 Å². The number of piperidine rings is 1. The van der Waals surface area contributed by atoms with Gasteiger partial charge in [0, 0.05) is 38.6 Å². The fourth-order valence-corrected chi connectivity index (χ4v) is 2.51. The molecule has 0 spiro atoms. The van der Waals surface area contributed by atoms with E-state index in [1.165, 1.54) is 12.1 Å². The number of carbonyl (C=O) groups excluding carboxylic acids is 1. The predicted octanol–water partition coefficient (Wildman–Crippen LogP) is 1.68. The number of hydrogen-bond donors (Lipinski definition) is 2. The topological polar surface area (TPSA) is 58.4 Å². The first-order chi connectivity index (χ1) is 9.67. The van der Waals surface area contributed by atoms with Gasteiger partial charge in [0.25, 0.3) is 0 Å². The highest BCUT2D eigenvalue weighted by atomic mass is 35.5. The van der Waals surface area contributed by atoms with Crippen molar-refractivity contribution < 1.29 is 9.18 Å². The monoisotopic (exact) mass is 315 g/mol. The van der Waals surface area contributed by atoms with E-state index in [9.17, 15) is 9.18 Å². The Labute approximate surface area is 131 Å². The van der Waals surface area contributed by atoms with Crippen LogP contribution in [0, 0.1) is 5.82 Å². The van der Waals surface area contributed by atoms with Crippen molar-refractivity contribution in [3.05, 3.63) is 35.6 Å². The molecule has 1 aliphatic heterocycles. The van der Waals surface area contributed by atoms with E-state index in [0.717, 1.165) is 38.0 Å². The lowest BCUT2D eigenvalue weighted by atomic mass is 10.0. The molecule has 1 aliphatic rings. The Balaban J connectivity index is 0.00000220. The summed E-state index contributed by atoms with van der Waals surface area (Å²) in [6.45, 7) is 3.13. The first kappa shape index (κ1) is 17.9. The van der Waals surface area contributed by atoms with Crippen molar-refractivity contribution in [3.8, 4) is 0 Å². The smallest absolute Gasteiger partial charge is 0.221 e. The molecule has 1 aromatic rings. The lowest BCUT2D eigenvalue weighted by Crippen LogP contribution is -2.44. The SMILES string of the molecule is Cl.NCCC(=O)NC1CCN(Cc2ccc(F)cc2)CC1. The van der Waals surface area contributed by atoms with Gasteiger partial charge in [-0.1, -0.05) is 12.1 Å². The number of halogens is 2. The molecule has 3 N–H and O–H groups in total. The second kappa shape index (κ2) is 8.97. The van der Waals surface area contributed by atoms with Gasteiger partial charge in [-0.2, -0.15) is 0 Å². The summed E-state index contributed by atoms with van der Waals surface area (Å²) >= 11 is 0. The van der Waals surface area contributed by atoms with Gasteiger partial charge in [0.15, 0.2) is 0 Å². The number of nitrogens with two attached hydrogens (primary N) is 1. The second-order valence-corrected chi connectivity index (χ2v) is 5.28. The molecule has 0 radical (unpaired) electrons. The summed E-state index contributed by atoms with van der Waals surface area (Å²) in [6.07, 6.45) is 2.31. The third kappa shape index (κ3) is 5.99. The van der Waals surface area contributed by atoms with Crippen LogP contribution in [-0.4, -0.2) is 36.5 Å². The summed E-state index contributed by atoms with van der Waals surface area (Å²) < 4.78 is 12.8. The molecule has 1 heterocycles. The lowest BCUT2D eigenvalue weighted by Gasteiger charge is -2.32. The highest BCUT2D eigenvalue weighted by Crippen LogP contribution is 2.14. The molecule has 118 valence electrons. The number of hydrogen-bond acceptors (Lipinski definition) is 3. The number of nitrogens with zero attached hydrogens (tertiary/aromatic N) is 1. The molecule has 0 saturated carbocycles. The number of rotatable bonds is 5. The maximum Gasteiger partial charge on any atom is 0.221 e. The Kier molecular flexibility index (Phi) is 7.64. The highest BCUT2D eigenvalue weighted by molar-refractivity contribution is 5.85. The third-order valence-corrected chi connectivity index (χ3v) is 3.64. The van der Waals surface area contributed by atoms with E-state index in [1.807, 2.05) is 12.1 Å². The molecule has 0 unspecified atom stereocenters. The van der Waals surface area contributed by atoms with Crippen LogP contribution in [0.1, 0.15) is 24.8 Å². The third-order valence-electron chi connectivity index (χ3n) is 3.64. The maximum atomic E-state index is 12.8. The lowest BCUT2D eigenvalue weighted by molar-refractivity contribution is -0.121. The van der Waals surface area contributed by atoms with Gasteiger partial charge in [-0.05, 0) is 30.5 Å². The summed E-state index contributed by atoms with van der Waals surface area (Å²) in [5.74, 6) is -0.153. The summed E-state index contributed by atoms with van der Waals surface area (Å²) in [6, 6.07) is 6.90. The number of nitrogens with one attached hydrogen (secondary N) is 1. The van der Waals surface area contributed by atoms with E-state index in [4.69, 9.17) is 5.73 Å². The predicted molar refractivity (Wildman–Crippen MR) is 83.8 cm³/mol. The molecule has 6 heteroatoms. The number of likely N-dealkylation sites (tertiary alicyclic amines) is 1. The Hall–Kier alpha value is -1.17. The van der Waals surface area contributed by atoms with Crippen molar-refractivity contribution >= 4 is 18.3 Å². The van der Waals surface area contributed by atoms with Gasteiger partial charge < -0.3 is 11.1 Å². The van der Waals surface area contributed by atoms with Crippen LogP contribution in [0.25, 0.3) is 0 Å². The Morgan fingerprint density at radius 1 is 1.29 bits per heavy atom. The molecular weight excluding hydrogens is 293 g/mol. The first-order valence-electron chi connectivity index (χ1n) is 7.13. The second-order valence-electron chi connectivity index (χ2n) is 5.28. The molecule has 0 aliphatic carbocycles. The minimum absolute atomic E-state index is 0. The first-order valence-corrected chi connectivity index (χ1v) is 7.13. The van der Waals surface area contributed by atoms with Crippen LogP contribution in [-0.2, 0) is 11.3 Å². The highest BCUT2D eigenvalue weighted by Gasteiger charge is 2.20. The van der Waals surface area contributed by atoms with Crippen LogP contribution in [0.15, 0.2) is 24.3 Å². The minimum Gasteiger partial charge on any atom is -0.353 e. The Morgan fingerprint density at radius 3 is 2.48 bits per heavy atom. The molecule has 2 rings (SSSR count). The molecule has 0 aromatic heterocycles. The molecular formula is C15H23ClFN3O. The zero-order valence-electron chi connectivity index (χ0n) is 12.1. The zero-order chi connectivity index (χ0) is 14.4. The fourth-order valence-electron chi connectivity index (χ4n) is 2.51. The molecule has 1 aromatic carbocycles. The van der Waals surface area contributed by atoms with Gasteiger partial charge in [-0.15, -0.1) is 12.4 Å². The van der Waals surface area contributed by atoms with Crippen LogP contribution < -0.4 is 11.1 Å². The van der Waals surface area contributed by atoms with Crippen molar-refractivity contribution in [1.82, 2.24) is 10.2 Å². The summed E-state index contributed by atoms with van der Waals surface area (Å²) in [5.41, 5.74) is 6.48. The summed E-state index contributed by atoms with van der Waals surface area (Å²) in [4.78, 5) is 13.8. The molecule has 1 fully saturated rings. The maximum absolute atomic E-state index is 12.8. The number of benzene rings is 1. The van der Waals surface area contributed by atoms with E-state index in [1.54, 1.807) is 0 Å². The molecule has 21 heavy (non-hydrogen) atoms. The van der Waals surface area contributed by atoms with Crippen LogP contribution >= 0.6 is 12.4 Å². The molecule has 0 atom stereocenters. The standard InChI is InChI=1S/C15H22FN3O.ClH/c16-13-3-1-12(2-4-13)11-19-9-6-14(7-10-19)18-15(20)5-8-17;/h1-4,14H,5-11,17H2,(H,18,20);1H. The van der Waals surface area contributed by atoms with Gasteiger partial charge >= 0.3 is 0 Å². The van der Waals surface area contributed by atoms with Crippen molar-refractivity contribution in [3.63, 3.8) is 0 Å². The largest absolute Gasteiger partial charge is 0.353 e. The Bertz CT molecular complexity index is 433. The van der Waals surface area contributed by atoms with Crippen molar-refractivity contribution in [2.24, 2.45) is 5.73 Å². The van der Waals surface area contributed by atoms with E-state index in [0.29, 0.717) is 13.0 Å². The van der Waals surface area contributed by atoms with Crippen LogP contribution in [0.4, 0.5) is 4.39 Å². The zero-order valence-corrected chi connectivity index (χ0v) is 12.9. The fraction of sp³-hybridized carbons (Fsp3) is 0.533. The van der Waals surface area contributed by atoms with Gasteiger partial charge in [-0.25, -0.2) is 4.39 Å². The van der Waals surface area contributed by atoms with Crippen LogP contribution in [0.5, 0.6) is 0 Å². The number of carbonyl (C=O) groups is 1. The van der Waals surface area contributed by atoms with Crippen LogP contribution in [0.2, 0.25) is 0 Å².